The lowest BCUT2D eigenvalue weighted by Gasteiger charge is -2.34. The van der Waals surface area contributed by atoms with Crippen LogP contribution in [0.3, 0.4) is 0 Å². The molecule has 0 aromatic heterocycles. The van der Waals surface area contributed by atoms with Crippen LogP contribution in [0.15, 0.2) is 22.7 Å². The van der Waals surface area contributed by atoms with E-state index in [1.807, 2.05) is 36.9 Å². The van der Waals surface area contributed by atoms with E-state index in [1.165, 1.54) is 0 Å². The van der Waals surface area contributed by atoms with Crippen LogP contribution in [0.2, 0.25) is 0 Å². The molecule has 1 saturated heterocycles. The topological polar surface area (TPSA) is 56.6 Å². The molecule has 1 fully saturated rings. The van der Waals surface area contributed by atoms with Gasteiger partial charge in [-0.2, -0.15) is 5.26 Å². The SMILES string of the molecule is CC(C)Oc1ccc(C(=O)N2CCN(CCC#N)CC2)cc1Br. The number of carbonyl (C=O) groups is 1. The first-order valence-electron chi connectivity index (χ1n) is 7.86. The summed E-state index contributed by atoms with van der Waals surface area (Å²) in [5.41, 5.74) is 0.665. The van der Waals surface area contributed by atoms with Gasteiger partial charge in [-0.25, -0.2) is 0 Å². The van der Waals surface area contributed by atoms with Crippen LogP contribution in [0.25, 0.3) is 0 Å². The maximum atomic E-state index is 12.6. The highest BCUT2D eigenvalue weighted by Crippen LogP contribution is 2.27. The number of benzene rings is 1. The summed E-state index contributed by atoms with van der Waals surface area (Å²) in [4.78, 5) is 16.7. The Morgan fingerprint density at radius 3 is 2.61 bits per heavy atom. The number of amides is 1. The third-order valence-electron chi connectivity index (χ3n) is 3.74. The first-order chi connectivity index (χ1) is 11.0. The normalized spacial score (nSPS) is 15.5. The summed E-state index contributed by atoms with van der Waals surface area (Å²) in [7, 11) is 0. The highest BCUT2D eigenvalue weighted by Gasteiger charge is 2.22. The molecule has 1 aromatic rings. The highest BCUT2D eigenvalue weighted by molar-refractivity contribution is 9.10. The number of piperazine rings is 1. The molecule has 0 aliphatic carbocycles. The monoisotopic (exact) mass is 379 g/mol. The van der Waals surface area contributed by atoms with E-state index in [-0.39, 0.29) is 12.0 Å². The molecule has 1 aromatic carbocycles. The van der Waals surface area contributed by atoms with Gasteiger partial charge in [-0.3, -0.25) is 9.69 Å². The predicted molar refractivity (Wildman–Crippen MR) is 92.5 cm³/mol. The van der Waals surface area contributed by atoms with Crippen molar-refractivity contribution in [3.63, 3.8) is 0 Å². The zero-order valence-electron chi connectivity index (χ0n) is 13.6. The van der Waals surface area contributed by atoms with Crippen molar-refractivity contribution in [2.24, 2.45) is 0 Å². The fourth-order valence-corrected chi connectivity index (χ4v) is 3.02. The van der Waals surface area contributed by atoms with Crippen LogP contribution in [-0.2, 0) is 0 Å². The summed E-state index contributed by atoms with van der Waals surface area (Å²) in [6, 6.07) is 7.63. The summed E-state index contributed by atoms with van der Waals surface area (Å²) in [6.45, 7) is 7.77. The first-order valence-corrected chi connectivity index (χ1v) is 8.65. The van der Waals surface area contributed by atoms with E-state index in [0.717, 1.165) is 29.9 Å². The molecule has 1 heterocycles. The van der Waals surface area contributed by atoms with E-state index >= 15 is 0 Å². The molecule has 0 unspecified atom stereocenters. The van der Waals surface area contributed by atoms with Crippen LogP contribution in [0.5, 0.6) is 5.75 Å². The van der Waals surface area contributed by atoms with Crippen LogP contribution < -0.4 is 4.74 Å². The fourth-order valence-electron chi connectivity index (χ4n) is 2.55. The average Bonchev–Trinajstić information content (AvgIpc) is 2.54. The first kappa shape index (κ1) is 17.8. The van der Waals surface area contributed by atoms with Gasteiger partial charge in [0, 0.05) is 44.7 Å². The lowest BCUT2D eigenvalue weighted by Crippen LogP contribution is -2.48. The molecular formula is C17H22BrN3O2. The van der Waals surface area contributed by atoms with E-state index in [4.69, 9.17) is 10.00 Å². The molecule has 1 aliphatic heterocycles. The summed E-state index contributed by atoms with van der Waals surface area (Å²) in [5, 5.41) is 8.63. The van der Waals surface area contributed by atoms with Crippen molar-refractivity contribution < 1.29 is 9.53 Å². The van der Waals surface area contributed by atoms with E-state index in [2.05, 4.69) is 26.9 Å². The minimum atomic E-state index is 0.0433. The largest absolute Gasteiger partial charge is 0.490 e. The van der Waals surface area contributed by atoms with Gasteiger partial charge in [-0.05, 0) is 48.0 Å². The van der Waals surface area contributed by atoms with Crippen LogP contribution >= 0.6 is 15.9 Å². The van der Waals surface area contributed by atoms with Crippen molar-refractivity contribution in [1.82, 2.24) is 9.80 Å². The van der Waals surface area contributed by atoms with Gasteiger partial charge in [0.2, 0.25) is 0 Å². The van der Waals surface area contributed by atoms with Gasteiger partial charge in [0.1, 0.15) is 5.75 Å². The molecule has 0 bridgehead atoms. The molecule has 1 amide bonds. The average molecular weight is 380 g/mol. The summed E-state index contributed by atoms with van der Waals surface area (Å²) < 4.78 is 6.47. The summed E-state index contributed by atoms with van der Waals surface area (Å²) in [6.07, 6.45) is 0.632. The zero-order chi connectivity index (χ0) is 16.8. The zero-order valence-corrected chi connectivity index (χ0v) is 15.2. The van der Waals surface area contributed by atoms with Gasteiger partial charge in [0.25, 0.3) is 5.91 Å². The van der Waals surface area contributed by atoms with Crippen LogP contribution in [0.1, 0.15) is 30.6 Å². The Kier molecular flexibility index (Phi) is 6.43. The Morgan fingerprint density at radius 2 is 2.04 bits per heavy atom. The van der Waals surface area contributed by atoms with Crippen molar-refractivity contribution >= 4 is 21.8 Å². The number of ether oxygens (including phenoxy) is 1. The standard InChI is InChI=1S/C17H22BrN3O2/c1-13(2)23-16-5-4-14(12-15(16)18)17(22)21-10-8-20(9-11-21)7-3-6-19/h4-5,12-13H,3,7-11H2,1-2H3. The third kappa shape index (κ3) is 4.95. The molecule has 2 rings (SSSR count). The van der Waals surface area contributed by atoms with Gasteiger partial charge >= 0.3 is 0 Å². The molecule has 0 atom stereocenters. The molecule has 5 nitrogen and oxygen atoms in total. The summed E-state index contributed by atoms with van der Waals surface area (Å²) in [5.74, 6) is 0.791. The molecule has 124 valence electrons. The minimum absolute atomic E-state index is 0.0433. The smallest absolute Gasteiger partial charge is 0.253 e. The number of nitrogens with zero attached hydrogens (tertiary/aromatic N) is 3. The number of hydrogen-bond donors (Lipinski definition) is 0. The second-order valence-corrected chi connectivity index (χ2v) is 6.71. The van der Waals surface area contributed by atoms with E-state index in [9.17, 15) is 4.79 Å². The summed E-state index contributed by atoms with van der Waals surface area (Å²) >= 11 is 3.47. The number of hydrogen-bond acceptors (Lipinski definition) is 4. The van der Waals surface area contributed by atoms with E-state index in [0.29, 0.717) is 25.1 Å². The maximum absolute atomic E-state index is 12.6. The molecule has 1 aliphatic rings. The van der Waals surface area contributed by atoms with Crippen molar-refractivity contribution in [1.29, 1.82) is 5.26 Å². The maximum Gasteiger partial charge on any atom is 0.253 e. The second kappa shape index (κ2) is 8.32. The van der Waals surface area contributed by atoms with Crippen molar-refractivity contribution in [2.45, 2.75) is 26.4 Å². The Hall–Kier alpha value is -1.58. The highest BCUT2D eigenvalue weighted by atomic mass is 79.9. The van der Waals surface area contributed by atoms with E-state index < -0.39 is 0 Å². The van der Waals surface area contributed by atoms with Gasteiger partial charge in [-0.1, -0.05) is 0 Å². The van der Waals surface area contributed by atoms with E-state index in [1.54, 1.807) is 0 Å². The fraction of sp³-hybridized carbons (Fsp3) is 0.529. The number of nitriles is 1. The van der Waals surface area contributed by atoms with Gasteiger partial charge in [-0.15, -0.1) is 0 Å². The molecular weight excluding hydrogens is 358 g/mol. The number of rotatable bonds is 5. The Morgan fingerprint density at radius 1 is 1.35 bits per heavy atom. The Labute approximate surface area is 145 Å². The molecule has 23 heavy (non-hydrogen) atoms. The van der Waals surface area contributed by atoms with Gasteiger partial charge < -0.3 is 9.64 Å². The second-order valence-electron chi connectivity index (χ2n) is 5.85. The van der Waals surface area contributed by atoms with Crippen LogP contribution in [0, 0.1) is 11.3 Å². The lowest BCUT2D eigenvalue weighted by atomic mass is 10.1. The molecule has 0 N–H and O–H groups in total. The quantitative estimate of drug-likeness (QED) is 0.788. The molecule has 0 spiro atoms. The van der Waals surface area contributed by atoms with Crippen molar-refractivity contribution in [3.05, 3.63) is 28.2 Å². The Balaban J connectivity index is 1.96. The van der Waals surface area contributed by atoms with Crippen molar-refractivity contribution in [3.8, 4) is 11.8 Å². The lowest BCUT2D eigenvalue weighted by molar-refractivity contribution is 0.0639. The van der Waals surface area contributed by atoms with Crippen molar-refractivity contribution in [2.75, 3.05) is 32.7 Å². The van der Waals surface area contributed by atoms with Gasteiger partial charge in [0.05, 0.1) is 16.6 Å². The van der Waals surface area contributed by atoms with Gasteiger partial charge in [0.15, 0.2) is 0 Å². The number of halogens is 1. The third-order valence-corrected chi connectivity index (χ3v) is 4.36. The van der Waals surface area contributed by atoms with Crippen LogP contribution in [-0.4, -0.2) is 54.5 Å². The number of carbonyl (C=O) groups excluding carboxylic acids is 1. The van der Waals surface area contributed by atoms with Crippen LogP contribution in [0.4, 0.5) is 0 Å². The molecule has 6 heteroatoms. The predicted octanol–water partition coefficient (Wildman–Crippen LogP) is 2.91. The Bertz CT molecular complexity index is 590. The minimum Gasteiger partial charge on any atom is -0.490 e. The molecule has 0 saturated carbocycles. The molecule has 0 radical (unpaired) electrons.